The van der Waals surface area contributed by atoms with E-state index in [1.807, 2.05) is 60.7 Å². The molecule has 0 aliphatic carbocycles. The highest BCUT2D eigenvalue weighted by Gasteiger charge is 2.46. The van der Waals surface area contributed by atoms with E-state index in [9.17, 15) is 33.6 Å². The van der Waals surface area contributed by atoms with Gasteiger partial charge in [-0.3, -0.25) is 48.8 Å². The summed E-state index contributed by atoms with van der Waals surface area (Å²) in [5.41, 5.74) is 10.4. The number of pyridine rings is 1. The van der Waals surface area contributed by atoms with Crippen LogP contribution in [0.25, 0.3) is 22.0 Å². The molecule has 14 heteroatoms. The van der Waals surface area contributed by atoms with E-state index < -0.39 is 48.1 Å². The molecule has 1 fully saturated rings. The van der Waals surface area contributed by atoms with Crippen molar-refractivity contribution in [3.63, 3.8) is 0 Å². The van der Waals surface area contributed by atoms with Crippen molar-refractivity contribution in [2.45, 2.75) is 44.6 Å². The normalized spacial score (nSPS) is 14.9. The zero-order valence-electron chi connectivity index (χ0n) is 30.7. The molecule has 14 nitrogen and oxygen atoms in total. The number of hydrogen-bond donors (Lipinski definition) is 4. The molecule has 1 saturated heterocycles. The minimum absolute atomic E-state index is 0.00383. The third-order valence-corrected chi connectivity index (χ3v) is 9.91. The third kappa shape index (κ3) is 8.25. The second kappa shape index (κ2) is 16.7. The summed E-state index contributed by atoms with van der Waals surface area (Å²) in [4.78, 5) is 93.1. The van der Waals surface area contributed by atoms with Crippen LogP contribution in [0.3, 0.4) is 0 Å². The summed E-state index contributed by atoms with van der Waals surface area (Å²) in [6, 6.07) is 25.9. The summed E-state index contributed by atoms with van der Waals surface area (Å²) in [7, 11) is 0. The topological polar surface area (TPSA) is 207 Å². The Hall–Kier alpha value is -7.22. The van der Waals surface area contributed by atoms with Gasteiger partial charge in [-0.25, -0.2) is 0 Å². The Labute approximate surface area is 326 Å². The molecule has 1 unspecified atom stereocenters. The molecule has 57 heavy (non-hydrogen) atoms. The number of nitrogens with two attached hydrogens (primary N) is 1. The number of aromatic nitrogens is 1. The van der Waals surface area contributed by atoms with Crippen molar-refractivity contribution in [3.8, 4) is 16.9 Å². The molecule has 2 aliphatic heterocycles. The number of ketones is 1. The molecular formula is C43H38N6O8. The van der Waals surface area contributed by atoms with E-state index in [0.29, 0.717) is 49.0 Å². The molecule has 1 aromatic heterocycles. The summed E-state index contributed by atoms with van der Waals surface area (Å²) in [5, 5.41) is 8.96. The predicted molar refractivity (Wildman–Crippen MR) is 210 cm³/mol. The highest BCUT2D eigenvalue weighted by Crippen LogP contribution is 2.34. The van der Waals surface area contributed by atoms with Gasteiger partial charge >= 0.3 is 0 Å². The van der Waals surface area contributed by atoms with Crippen molar-refractivity contribution in [2.24, 2.45) is 5.73 Å². The van der Waals surface area contributed by atoms with Crippen LogP contribution in [0.1, 0.15) is 80.0 Å². The summed E-state index contributed by atoms with van der Waals surface area (Å²) in [6.07, 6.45) is 3.81. The molecule has 6 amide bonds. The quantitative estimate of drug-likeness (QED) is 0.0631. The number of nitrogens with zero attached hydrogens (tertiary/aromatic N) is 2. The maximum Gasteiger partial charge on any atom is 0.266 e. The molecular weight excluding hydrogens is 729 g/mol. The average Bonchev–Trinajstić information content (AvgIpc) is 3.47. The van der Waals surface area contributed by atoms with Gasteiger partial charge in [-0.15, -0.1) is 0 Å². The van der Waals surface area contributed by atoms with E-state index in [1.54, 1.807) is 12.1 Å². The first-order chi connectivity index (χ1) is 27.6. The van der Waals surface area contributed by atoms with Crippen molar-refractivity contribution in [1.82, 2.24) is 20.5 Å². The molecule has 3 heterocycles. The van der Waals surface area contributed by atoms with Crippen LogP contribution in [0.2, 0.25) is 0 Å². The van der Waals surface area contributed by atoms with Gasteiger partial charge in [0.05, 0.1) is 27.9 Å². The molecule has 5 aromatic rings. The number of piperidine rings is 1. The molecule has 0 spiro atoms. The van der Waals surface area contributed by atoms with E-state index in [4.69, 9.17) is 10.5 Å². The monoisotopic (exact) mass is 766 g/mol. The fraction of sp³-hybridized carbons (Fsp3) is 0.209. The zero-order chi connectivity index (χ0) is 40.1. The smallest absolute Gasteiger partial charge is 0.266 e. The van der Waals surface area contributed by atoms with E-state index in [0.717, 1.165) is 27.1 Å². The van der Waals surface area contributed by atoms with Crippen LogP contribution in [-0.2, 0) is 14.4 Å². The molecule has 0 saturated carbocycles. The van der Waals surface area contributed by atoms with Gasteiger partial charge in [-0.05, 0) is 60.7 Å². The fourth-order valence-electron chi connectivity index (χ4n) is 6.97. The van der Waals surface area contributed by atoms with E-state index in [2.05, 4.69) is 20.9 Å². The standard InChI is InChI=1S/C43H38N6O8/c44-40(53)31-23-46-32-22-27(17-18-29(32)39(31)47-28-8-3-1-4-9-28)25-13-15-26(16-14-25)34(50)11-5-2-6-21-45-37(52)24-57-35-12-7-10-30-38(35)43(56)49(42(30)55)33-19-20-36(51)48-41(33)54/h1,3-4,7-10,12-18,22-23,33H,2,5-6,11,19-21,24H2,(H2,44,53)(H,45,52)(H,46,47)(H,48,51,54). The highest BCUT2D eigenvalue weighted by molar-refractivity contribution is 6.24. The number of para-hydroxylation sites is 1. The average molecular weight is 767 g/mol. The first-order valence-corrected chi connectivity index (χ1v) is 18.5. The maximum atomic E-state index is 13.2. The van der Waals surface area contributed by atoms with Crippen LogP contribution in [0.4, 0.5) is 11.4 Å². The second-order valence-corrected chi connectivity index (χ2v) is 13.7. The first-order valence-electron chi connectivity index (χ1n) is 18.5. The molecule has 0 bridgehead atoms. The Balaban J connectivity index is 0.861. The van der Waals surface area contributed by atoms with E-state index in [1.165, 1.54) is 24.4 Å². The lowest BCUT2D eigenvalue weighted by atomic mass is 9.98. The van der Waals surface area contributed by atoms with Crippen LogP contribution in [-0.4, -0.2) is 70.3 Å². The van der Waals surface area contributed by atoms with Gasteiger partial charge in [0.25, 0.3) is 23.6 Å². The molecule has 2 aliphatic rings. The third-order valence-electron chi connectivity index (χ3n) is 9.91. The van der Waals surface area contributed by atoms with Crippen molar-refractivity contribution < 1.29 is 38.3 Å². The number of Topliss-reactive ketones (excluding diaryl/α,β-unsaturated/α-hetero) is 1. The molecule has 288 valence electrons. The number of anilines is 2. The number of carbonyl (C=O) groups is 7. The van der Waals surface area contributed by atoms with Gasteiger partial charge in [0.1, 0.15) is 11.8 Å². The Morgan fingerprint density at radius 3 is 2.39 bits per heavy atom. The number of nitrogens with one attached hydrogen (secondary N) is 3. The number of fused-ring (bicyclic) bond motifs is 2. The minimum Gasteiger partial charge on any atom is -0.483 e. The Morgan fingerprint density at radius 1 is 0.860 bits per heavy atom. The SMILES string of the molecule is NC(=O)c1cnc2cc(-c3ccc(C(=O)CCCCCNC(=O)COc4cccc5c4C(=O)N(C4CCC(=O)NC4=O)C5=O)cc3)ccc2c1Nc1ccccc1. The number of carbonyl (C=O) groups excluding carboxylic acids is 7. The summed E-state index contributed by atoms with van der Waals surface area (Å²) >= 11 is 0. The van der Waals surface area contributed by atoms with Crippen LogP contribution in [0.15, 0.2) is 97.2 Å². The molecule has 4 aromatic carbocycles. The number of primary amides is 1. The number of hydrogen-bond acceptors (Lipinski definition) is 10. The number of unbranched alkanes of at least 4 members (excludes halogenated alkanes) is 2. The lowest BCUT2D eigenvalue weighted by molar-refractivity contribution is -0.136. The zero-order valence-corrected chi connectivity index (χ0v) is 30.7. The lowest BCUT2D eigenvalue weighted by Crippen LogP contribution is -2.54. The first kappa shape index (κ1) is 38.1. The molecule has 5 N–H and O–H groups in total. The lowest BCUT2D eigenvalue weighted by Gasteiger charge is -2.27. The van der Waals surface area contributed by atoms with Gasteiger partial charge in [0.15, 0.2) is 12.4 Å². The van der Waals surface area contributed by atoms with Crippen LogP contribution in [0.5, 0.6) is 5.75 Å². The Morgan fingerprint density at radius 2 is 1.63 bits per heavy atom. The van der Waals surface area contributed by atoms with Crippen LogP contribution < -0.4 is 26.4 Å². The minimum atomic E-state index is -1.11. The fourth-order valence-corrected chi connectivity index (χ4v) is 6.97. The van der Waals surface area contributed by atoms with E-state index in [-0.39, 0.29) is 41.1 Å². The number of ether oxygens (including phenoxy) is 1. The molecule has 0 radical (unpaired) electrons. The Kier molecular flexibility index (Phi) is 11.1. The summed E-state index contributed by atoms with van der Waals surface area (Å²) in [5.74, 6) is -3.52. The molecule has 7 rings (SSSR count). The van der Waals surface area contributed by atoms with Gasteiger partial charge in [0.2, 0.25) is 11.8 Å². The highest BCUT2D eigenvalue weighted by atomic mass is 16.5. The van der Waals surface area contributed by atoms with Crippen molar-refractivity contribution >= 4 is 63.5 Å². The predicted octanol–water partition coefficient (Wildman–Crippen LogP) is 5.08. The number of rotatable bonds is 15. The number of benzene rings is 4. The van der Waals surface area contributed by atoms with Crippen LogP contribution in [0, 0.1) is 0 Å². The Bertz CT molecular complexity index is 2430. The van der Waals surface area contributed by atoms with Crippen molar-refractivity contribution in [1.29, 1.82) is 0 Å². The second-order valence-electron chi connectivity index (χ2n) is 13.7. The van der Waals surface area contributed by atoms with E-state index >= 15 is 0 Å². The van der Waals surface area contributed by atoms with Crippen LogP contribution >= 0.6 is 0 Å². The van der Waals surface area contributed by atoms with Gasteiger partial charge in [0, 0.05) is 42.2 Å². The number of amides is 6. The van der Waals surface area contributed by atoms with Gasteiger partial charge < -0.3 is 21.1 Å². The summed E-state index contributed by atoms with van der Waals surface area (Å²) < 4.78 is 5.63. The number of imide groups is 2. The van der Waals surface area contributed by atoms with Crippen molar-refractivity contribution in [2.75, 3.05) is 18.5 Å². The largest absolute Gasteiger partial charge is 0.483 e. The van der Waals surface area contributed by atoms with Gasteiger partial charge in [-0.1, -0.05) is 67.1 Å². The van der Waals surface area contributed by atoms with Crippen molar-refractivity contribution in [3.05, 3.63) is 119 Å². The maximum absolute atomic E-state index is 13.2. The summed E-state index contributed by atoms with van der Waals surface area (Å²) in [6.45, 7) is -0.0454. The van der Waals surface area contributed by atoms with Gasteiger partial charge in [-0.2, -0.15) is 0 Å². The molecule has 1 atom stereocenters.